The van der Waals surface area contributed by atoms with Crippen molar-refractivity contribution in [2.75, 3.05) is 13.2 Å². The first kappa shape index (κ1) is 10.3. The summed E-state index contributed by atoms with van der Waals surface area (Å²) in [6.45, 7) is 1.30. The van der Waals surface area contributed by atoms with Crippen molar-refractivity contribution in [1.29, 1.82) is 0 Å². The summed E-state index contributed by atoms with van der Waals surface area (Å²) < 4.78 is 5.25. The Morgan fingerprint density at radius 3 is 2.50 bits per heavy atom. The van der Waals surface area contributed by atoms with Gasteiger partial charge >= 0.3 is 0 Å². The molecule has 0 unspecified atom stereocenters. The lowest BCUT2D eigenvalue weighted by molar-refractivity contribution is -0.145. The molecule has 1 saturated heterocycles. The normalized spacial score (nSPS) is 55.9. The minimum absolute atomic E-state index is 0.0643. The van der Waals surface area contributed by atoms with Gasteiger partial charge in [0.15, 0.2) is 0 Å². The van der Waals surface area contributed by atoms with E-state index in [9.17, 15) is 15.3 Å². The van der Waals surface area contributed by atoms with E-state index in [4.69, 9.17) is 9.84 Å². The molecule has 2 fully saturated rings. The highest BCUT2D eigenvalue weighted by atomic mass is 16.6. The van der Waals surface area contributed by atoms with Crippen LogP contribution < -0.4 is 0 Å². The second-order valence-electron chi connectivity index (χ2n) is 4.37. The Bertz CT molecular complexity index is 245. The second-order valence-corrected chi connectivity index (χ2v) is 4.37. The van der Waals surface area contributed by atoms with Crippen LogP contribution in [0.1, 0.15) is 13.3 Å². The molecule has 0 bridgehead atoms. The van der Waals surface area contributed by atoms with Gasteiger partial charge in [0.2, 0.25) is 0 Å². The summed E-state index contributed by atoms with van der Waals surface area (Å²) in [5.74, 6) is -0.526. The van der Waals surface area contributed by atoms with Crippen LogP contribution in [-0.4, -0.2) is 57.0 Å². The Morgan fingerprint density at radius 1 is 1.36 bits per heavy atom. The Balaban J connectivity index is 2.25. The largest absolute Gasteiger partial charge is 0.396 e. The zero-order chi connectivity index (χ0) is 10.6. The molecule has 0 aromatic carbocycles. The van der Waals surface area contributed by atoms with Crippen LogP contribution in [0.5, 0.6) is 0 Å². The summed E-state index contributed by atoms with van der Waals surface area (Å²) in [7, 11) is 0. The van der Waals surface area contributed by atoms with E-state index >= 15 is 0 Å². The summed E-state index contributed by atoms with van der Waals surface area (Å²) in [5.41, 5.74) is -2.04. The molecule has 0 aromatic rings. The molecule has 4 N–H and O–H groups in total. The average molecular weight is 204 g/mol. The topological polar surface area (TPSA) is 93.5 Å². The molecule has 5 heteroatoms. The van der Waals surface area contributed by atoms with Gasteiger partial charge < -0.3 is 25.2 Å². The van der Waals surface area contributed by atoms with E-state index in [1.807, 2.05) is 0 Å². The monoisotopic (exact) mass is 204 g/mol. The Morgan fingerprint density at radius 2 is 2.00 bits per heavy atom. The third-order valence-corrected chi connectivity index (χ3v) is 3.68. The molecule has 5 nitrogen and oxygen atoms in total. The number of aliphatic hydroxyl groups excluding tert-OH is 3. The molecule has 5 atom stereocenters. The number of ether oxygens (including phenoxy) is 1. The molecule has 1 heterocycles. The second kappa shape index (κ2) is 2.90. The van der Waals surface area contributed by atoms with E-state index in [-0.39, 0.29) is 19.6 Å². The maximum Gasteiger partial charge on any atom is 0.116 e. The molecular formula is C9H16O5. The van der Waals surface area contributed by atoms with Gasteiger partial charge in [-0.3, -0.25) is 0 Å². The first-order chi connectivity index (χ1) is 6.50. The van der Waals surface area contributed by atoms with Gasteiger partial charge in [-0.1, -0.05) is 0 Å². The lowest BCUT2D eigenvalue weighted by Gasteiger charge is -2.35. The van der Waals surface area contributed by atoms with Gasteiger partial charge in [-0.2, -0.15) is 0 Å². The number of fused-ring (bicyclic) bond motifs is 1. The number of aliphatic hydroxyl groups is 4. The van der Waals surface area contributed by atoms with Crippen molar-refractivity contribution in [1.82, 2.24) is 0 Å². The summed E-state index contributed by atoms with van der Waals surface area (Å²) in [5, 5.41) is 37.9. The first-order valence-electron chi connectivity index (χ1n) is 4.80. The molecule has 0 spiro atoms. The fourth-order valence-corrected chi connectivity index (χ4v) is 2.70. The molecule has 1 saturated carbocycles. The molecule has 0 amide bonds. The molecule has 1 aliphatic carbocycles. The fraction of sp³-hybridized carbons (Fsp3) is 1.00. The van der Waals surface area contributed by atoms with Crippen molar-refractivity contribution in [2.45, 2.75) is 36.8 Å². The van der Waals surface area contributed by atoms with Gasteiger partial charge in [0.1, 0.15) is 23.4 Å². The van der Waals surface area contributed by atoms with Gasteiger partial charge in [0, 0.05) is 18.9 Å². The number of hydrogen-bond acceptors (Lipinski definition) is 5. The quantitative estimate of drug-likeness (QED) is 0.409. The lowest BCUT2D eigenvalue weighted by Crippen LogP contribution is -2.50. The maximum atomic E-state index is 10.1. The number of epoxide rings is 1. The third-order valence-electron chi connectivity index (χ3n) is 3.68. The highest BCUT2D eigenvalue weighted by molar-refractivity contribution is 5.23. The van der Waals surface area contributed by atoms with Crippen molar-refractivity contribution in [3.63, 3.8) is 0 Å². The molecule has 82 valence electrons. The van der Waals surface area contributed by atoms with Crippen molar-refractivity contribution >= 4 is 0 Å². The fourth-order valence-electron chi connectivity index (χ4n) is 2.70. The Kier molecular flexibility index (Phi) is 2.14. The Hall–Kier alpha value is -0.200. The molecule has 14 heavy (non-hydrogen) atoms. The van der Waals surface area contributed by atoms with Crippen LogP contribution in [0.4, 0.5) is 0 Å². The lowest BCUT2D eigenvalue weighted by atomic mass is 9.82. The predicted molar refractivity (Wildman–Crippen MR) is 46.5 cm³/mol. The van der Waals surface area contributed by atoms with Crippen molar-refractivity contribution in [3.8, 4) is 0 Å². The highest BCUT2D eigenvalue weighted by Gasteiger charge is 2.75. The first-order valence-corrected chi connectivity index (χ1v) is 4.80. The van der Waals surface area contributed by atoms with E-state index < -0.39 is 29.3 Å². The van der Waals surface area contributed by atoms with E-state index in [1.165, 1.54) is 0 Å². The Labute approximate surface area is 81.9 Å². The number of hydrogen-bond donors (Lipinski definition) is 4. The van der Waals surface area contributed by atoms with Crippen LogP contribution in [0.25, 0.3) is 0 Å². The third kappa shape index (κ3) is 1.02. The smallest absolute Gasteiger partial charge is 0.116 e. The zero-order valence-electron chi connectivity index (χ0n) is 8.05. The van der Waals surface area contributed by atoms with Crippen LogP contribution in [0.3, 0.4) is 0 Å². The molecule has 0 aromatic heterocycles. The van der Waals surface area contributed by atoms with Crippen LogP contribution in [0, 0.1) is 5.92 Å². The molecular weight excluding hydrogens is 188 g/mol. The molecule has 1 aliphatic heterocycles. The van der Waals surface area contributed by atoms with E-state index in [0.29, 0.717) is 0 Å². The molecule has 2 rings (SSSR count). The zero-order valence-corrected chi connectivity index (χ0v) is 8.05. The van der Waals surface area contributed by atoms with Crippen molar-refractivity contribution in [3.05, 3.63) is 0 Å². The summed E-state index contributed by atoms with van der Waals surface area (Å²) in [6.07, 6.45) is -1.36. The summed E-state index contributed by atoms with van der Waals surface area (Å²) >= 11 is 0. The molecule has 2 aliphatic rings. The highest BCUT2D eigenvalue weighted by Crippen LogP contribution is 2.58. The minimum atomic E-state index is -1.42. The van der Waals surface area contributed by atoms with Crippen molar-refractivity contribution in [2.24, 2.45) is 5.92 Å². The van der Waals surface area contributed by atoms with Gasteiger partial charge in [0.05, 0.1) is 6.61 Å². The standard InChI is InChI=1S/C9H16O5/c1-8-5(4-11)9(13,2-3-10)6(12)7(8)14-8/h5-7,10-13H,2-4H2,1H3/t5-,6-,7+,8-,9+/m1/s1. The van der Waals surface area contributed by atoms with Gasteiger partial charge in [-0.05, 0) is 6.92 Å². The number of rotatable bonds is 3. The summed E-state index contributed by atoms with van der Waals surface area (Å²) in [6, 6.07) is 0. The van der Waals surface area contributed by atoms with Crippen LogP contribution >= 0.6 is 0 Å². The average Bonchev–Trinajstić information content (AvgIpc) is 2.74. The predicted octanol–water partition coefficient (Wildman–Crippen LogP) is -1.76. The van der Waals surface area contributed by atoms with Gasteiger partial charge in [0.25, 0.3) is 0 Å². The van der Waals surface area contributed by atoms with E-state index in [1.54, 1.807) is 6.92 Å². The minimum Gasteiger partial charge on any atom is -0.396 e. The van der Waals surface area contributed by atoms with Gasteiger partial charge in [-0.15, -0.1) is 0 Å². The van der Waals surface area contributed by atoms with Crippen molar-refractivity contribution < 1.29 is 25.2 Å². The van der Waals surface area contributed by atoms with E-state index in [0.717, 1.165) is 0 Å². The van der Waals surface area contributed by atoms with Crippen LogP contribution in [-0.2, 0) is 4.74 Å². The van der Waals surface area contributed by atoms with E-state index in [2.05, 4.69) is 0 Å². The summed E-state index contributed by atoms with van der Waals surface area (Å²) in [4.78, 5) is 0. The maximum absolute atomic E-state index is 10.1. The van der Waals surface area contributed by atoms with Crippen LogP contribution in [0.2, 0.25) is 0 Å². The van der Waals surface area contributed by atoms with Gasteiger partial charge in [-0.25, -0.2) is 0 Å². The molecule has 0 radical (unpaired) electrons. The SMILES string of the molecule is C[C@]12O[C@H]1[C@@H](O)[C@](O)(CCO)[C@@H]2CO. The van der Waals surface area contributed by atoms with Crippen LogP contribution in [0.15, 0.2) is 0 Å².